The maximum atomic E-state index is 8.85. The van der Waals surface area contributed by atoms with Crippen molar-refractivity contribution in [2.45, 2.75) is 20.4 Å². The number of aromatic nitrogens is 3. The molecule has 3 aromatic rings. The lowest BCUT2D eigenvalue weighted by molar-refractivity contribution is 0.790. The summed E-state index contributed by atoms with van der Waals surface area (Å²) >= 11 is 0. The quantitative estimate of drug-likeness (QED) is 0.780. The molecule has 3 rings (SSSR count). The van der Waals surface area contributed by atoms with Gasteiger partial charge in [0.2, 0.25) is 0 Å². The summed E-state index contributed by atoms with van der Waals surface area (Å²) in [5, 5.41) is 9.77. The lowest BCUT2D eigenvalue weighted by Crippen LogP contribution is -2.03. The van der Waals surface area contributed by atoms with Crippen molar-refractivity contribution in [1.82, 2.24) is 14.5 Å². The second-order valence-corrected chi connectivity index (χ2v) is 5.06. The first-order chi connectivity index (χ1) is 10.1. The fourth-order valence-electron chi connectivity index (χ4n) is 2.56. The Labute approximate surface area is 122 Å². The molecule has 0 radical (unpaired) electrons. The molecule has 2 N–H and O–H groups in total. The van der Waals surface area contributed by atoms with Crippen LogP contribution in [0.3, 0.4) is 0 Å². The van der Waals surface area contributed by atoms with Crippen molar-refractivity contribution in [1.29, 1.82) is 5.26 Å². The zero-order valence-electron chi connectivity index (χ0n) is 12.0. The number of aryl methyl sites for hydroxylation is 1. The number of nitrogens with zero attached hydrogens (tertiary/aromatic N) is 4. The molecular weight excluding hydrogens is 262 g/mol. The van der Waals surface area contributed by atoms with Gasteiger partial charge in [-0.1, -0.05) is 12.1 Å². The summed E-state index contributed by atoms with van der Waals surface area (Å²) in [6.45, 7) is 4.78. The van der Waals surface area contributed by atoms with E-state index in [-0.39, 0.29) is 0 Å². The molecule has 0 amide bonds. The second kappa shape index (κ2) is 4.91. The number of hydrogen-bond donors (Lipinski definition) is 1. The zero-order chi connectivity index (χ0) is 15.0. The number of anilines is 1. The van der Waals surface area contributed by atoms with Crippen LogP contribution in [0.15, 0.2) is 30.6 Å². The van der Waals surface area contributed by atoms with E-state index in [2.05, 4.69) is 27.5 Å². The van der Waals surface area contributed by atoms with Crippen molar-refractivity contribution in [3.63, 3.8) is 0 Å². The van der Waals surface area contributed by atoms with Gasteiger partial charge in [-0.15, -0.1) is 0 Å². The van der Waals surface area contributed by atoms with Crippen LogP contribution in [0, 0.1) is 25.2 Å². The number of nitrogens with two attached hydrogens (primary N) is 1. The third-order valence-corrected chi connectivity index (χ3v) is 3.86. The summed E-state index contributed by atoms with van der Waals surface area (Å²) in [6.07, 6.45) is 1.49. The number of benzene rings is 1. The van der Waals surface area contributed by atoms with Gasteiger partial charge in [-0.05, 0) is 37.1 Å². The Kier molecular flexibility index (Phi) is 3.07. The van der Waals surface area contributed by atoms with Crippen LogP contribution in [-0.2, 0) is 6.54 Å². The first-order valence-electron chi connectivity index (χ1n) is 6.66. The minimum atomic E-state index is 0.513. The highest BCUT2D eigenvalue weighted by molar-refractivity contribution is 5.90. The molecule has 0 aliphatic heterocycles. The number of nitriles is 1. The van der Waals surface area contributed by atoms with Gasteiger partial charge in [0.05, 0.1) is 17.0 Å². The van der Waals surface area contributed by atoms with E-state index < -0.39 is 0 Å². The smallest absolute Gasteiger partial charge is 0.146 e. The van der Waals surface area contributed by atoms with E-state index in [4.69, 9.17) is 11.0 Å². The Morgan fingerprint density at radius 1 is 1.19 bits per heavy atom. The molecule has 0 saturated carbocycles. The third kappa shape index (κ3) is 2.11. The largest absolute Gasteiger partial charge is 0.383 e. The summed E-state index contributed by atoms with van der Waals surface area (Å²) in [7, 11) is 0. The molecule has 104 valence electrons. The van der Waals surface area contributed by atoms with E-state index in [1.165, 1.54) is 6.33 Å². The van der Waals surface area contributed by atoms with E-state index in [9.17, 15) is 0 Å². The zero-order valence-corrected chi connectivity index (χ0v) is 12.0. The first kappa shape index (κ1) is 13.1. The summed E-state index contributed by atoms with van der Waals surface area (Å²) in [5.41, 5.74) is 10.8. The van der Waals surface area contributed by atoms with E-state index in [1.807, 2.05) is 31.2 Å². The summed E-state index contributed by atoms with van der Waals surface area (Å²) in [4.78, 5) is 8.44. The number of hydrogen-bond acceptors (Lipinski definition) is 4. The van der Waals surface area contributed by atoms with Gasteiger partial charge < -0.3 is 10.3 Å². The van der Waals surface area contributed by atoms with E-state index in [0.29, 0.717) is 17.9 Å². The van der Waals surface area contributed by atoms with Gasteiger partial charge in [0, 0.05) is 12.2 Å². The Morgan fingerprint density at radius 3 is 2.57 bits per heavy atom. The van der Waals surface area contributed by atoms with Crippen molar-refractivity contribution < 1.29 is 0 Å². The molecule has 5 nitrogen and oxygen atoms in total. The topological polar surface area (TPSA) is 80.5 Å². The highest BCUT2D eigenvalue weighted by Gasteiger charge is 2.15. The number of rotatable bonds is 2. The fraction of sp³-hybridized carbons (Fsp3) is 0.188. The average molecular weight is 277 g/mol. The summed E-state index contributed by atoms with van der Waals surface area (Å²) in [6, 6.07) is 9.70. The Hall–Kier alpha value is -2.87. The lowest BCUT2D eigenvalue weighted by Gasteiger charge is -2.08. The molecule has 0 unspecified atom stereocenters. The normalized spacial score (nSPS) is 10.7. The first-order valence-corrected chi connectivity index (χ1v) is 6.66. The fourth-order valence-corrected chi connectivity index (χ4v) is 2.56. The average Bonchev–Trinajstić information content (AvgIpc) is 2.74. The van der Waals surface area contributed by atoms with E-state index in [0.717, 1.165) is 27.9 Å². The molecule has 0 bridgehead atoms. The van der Waals surface area contributed by atoms with Gasteiger partial charge in [0.15, 0.2) is 0 Å². The van der Waals surface area contributed by atoms with Crippen LogP contribution in [0.4, 0.5) is 5.82 Å². The van der Waals surface area contributed by atoms with Crippen LogP contribution in [-0.4, -0.2) is 14.5 Å². The second-order valence-electron chi connectivity index (χ2n) is 5.06. The lowest BCUT2D eigenvalue weighted by atomic mass is 10.1. The SMILES string of the molecule is Cc1c(C)n(Cc2ccc(C#N)cc2)c2ncnc(N)c12. The molecule has 0 spiro atoms. The molecule has 2 heterocycles. The van der Waals surface area contributed by atoms with E-state index >= 15 is 0 Å². The molecule has 21 heavy (non-hydrogen) atoms. The highest BCUT2D eigenvalue weighted by atomic mass is 15.1. The van der Waals surface area contributed by atoms with Crippen molar-refractivity contribution in [2.75, 3.05) is 5.73 Å². The van der Waals surface area contributed by atoms with Crippen LogP contribution >= 0.6 is 0 Å². The molecular formula is C16H15N5. The van der Waals surface area contributed by atoms with Crippen LogP contribution in [0.5, 0.6) is 0 Å². The predicted molar refractivity (Wildman–Crippen MR) is 81.7 cm³/mol. The van der Waals surface area contributed by atoms with Crippen LogP contribution in [0.25, 0.3) is 11.0 Å². The standard InChI is InChI=1S/C16H15N5/c1-10-11(2)21(16-14(10)15(18)19-9-20-16)8-13-5-3-12(7-17)4-6-13/h3-6,9H,8H2,1-2H3,(H2,18,19,20). The van der Waals surface area contributed by atoms with Gasteiger partial charge in [-0.25, -0.2) is 9.97 Å². The predicted octanol–water partition coefficient (Wildman–Crippen LogP) is 2.55. The molecule has 5 heteroatoms. The Balaban J connectivity index is 2.10. The van der Waals surface area contributed by atoms with Gasteiger partial charge in [-0.2, -0.15) is 5.26 Å². The number of fused-ring (bicyclic) bond motifs is 1. The van der Waals surface area contributed by atoms with Gasteiger partial charge in [-0.3, -0.25) is 0 Å². The van der Waals surface area contributed by atoms with Crippen molar-refractivity contribution in [2.24, 2.45) is 0 Å². The van der Waals surface area contributed by atoms with Crippen LogP contribution in [0.2, 0.25) is 0 Å². The molecule has 2 aromatic heterocycles. The van der Waals surface area contributed by atoms with Gasteiger partial charge in [0.1, 0.15) is 17.8 Å². The van der Waals surface area contributed by atoms with Crippen LogP contribution < -0.4 is 5.73 Å². The molecule has 0 aliphatic carbocycles. The highest BCUT2D eigenvalue weighted by Crippen LogP contribution is 2.27. The monoisotopic (exact) mass is 277 g/mol. The Bertz CT molecular complexity index is 853. The summed E-state index contributed by atoms with van der Waals surface area (Å²) < 4.78 is 2.13. The molecule has 1 aromatic carbocycles. The Morgan fingerprint density at radius 2 is 1.90 bits per heavy atom. The van der Waals surface area contributed by atoms with Gasteiger partial charge >= 0.3 is 0 Å². The van der Waals surface area contributed by atoms with Gasteiger partial charge in [0.25, 0.3) is 0 Å². The minimum absolute atomic E-state index is 0.513. The van der Waals surface area contributed by atoms with Crippen molar-refractivity contribution in [3.05, 3.63) is 53.0 Å². The van der Waals surface area contributed by atoms with Crippen molar-refractivity contribution in [3.8, 4) is 6.07 Å². The van der Waals surface area contributed by atoms with Crippen LogP contribution in [0.1, 0.15) is 22.4 Å². The third-order valence-electron chi connectivity index (χ3n) is 3.86. The molecule has 0 aliphatic rings. The molecule has 0 atom stereocenters. The number of nitrogen functional groups attached to an aromatic ring is 1. The molecule has 0 saturated heterocycles. The maximum Gasteiger partial charge on any atom is 0.146 e. The van der Waals surface area contributed by atoms with E-state index in [1.54, 1.807) is 0 Å². The maximum absolute atomic E-state index is 8.85. The van der Waals surface area contributed by atoms with Crippen molar-refractivity contribution >= 4 is 16.9 Å². The minimum Gasteiger partial charge on any atom is -0.383 e. The summed E-state index contributed by atoms with van der Waals surface area (Å²) in [5.74, 6) is 0.513. The molecule has 0 fully saturated rings.